The summed E-state index contributed by atoms with van der Waals surface area (Å²) in [6.07, 6.45) is 4.86. The Kier molecular flexibility index (Phi) is 8.47. The van der Waals surface area contributed by atoms with Crippen molar-refractivity contribution in [2.24, 2.45) is 7.05 Å². The highest BCUT2D eigenvalue weighted by molar-refractivity contribution is 7.98. The molecule has 8 heteroatoms. The lowest BCUT2D eigenvalue weighted by atomic mass is 10.0. The zero-order valence-electron chi connectivity index (χ0n) is 15.8. The molecule has 0 bridgehead atoms. The Hall–Kier alpha value is -1.70. The highest BCUT2D eigenvalue weighted by Gasteiger charge is 2.27. The Morgan fingerprint density at radius 3 is 2.70 bits per heavy atom. The third kappa shape index (κ3) is 5.64. The van der Waals surface area contributed by atoms with E-state index >= 15 is 0 Å². The summed E-state index contributed by atoms with van der Waals surface area (Å²) in [6, 6.07) is 6.62. The number of aryl methyl sites for hydroxylation is 1. The van der Waals surface area contributed by atoms with Crippen LogP contribution in [-0.4, -0.2) is 47.1 Å². The third-order valence-corrected chi connectivity index (χ3v) is 5.26. The summed E-state index contributed by atoms with van der Waals surface area (Å²) in [5.41, 5.74) is 2.05. The van der Waals surface area contributed by atoms with Crippen LogP contribution in [0.3, 0.4) is 0 Å². The SMILES string of the molecule is CCOC(=O)[C@@H](Cc1cn(C)c2ccccc12)NC(=O)[C@H](CCSC)NCl. The second-order valence-electron chi connectivity index (χ2n) is 6.24. The van der Waals surface area contributed by atoms with Crippen LogP contribution in [0.4, 0.5) is 0 Å². The van der Waals surface area contributed by atoms with Gasteiger partial charge in [-0.2, -0.15) is 11.8 Å². The van der Waals surface area contributed by atoms with Gasteiger partial charge in [0.25, 0.3) is 0 Å². The molecule has 0 radical (unpaired) electrons. The van der Waals surface area contributed by atoms with Crippen molar-refractivity contribution in [3.05, 3.63) is 36.0 Å². The topological polar surface area (TPSA) is 72.4 Å². The molecule has 1 heterocycles. The van der Waals surface area contributed by atoms with E-state index in [4.69, 9.17) is 16.5 Å². The maximum Gasteiger partial charge on any atom is 0.328 e. The minimum absolute atomic E-state index is 0.254. The van der Waals surface area contributed by atoms with Crippen molar-refractivity contribution in [1.82, 2.24) is 14.7 Å². The summed E-state index contributed by atoms with van der Waals surface area (Å²) >= 11 is 7.35. The number of hydrogen-bond acceptors (Lipinski definition) is 5. The van der Waals surface area contributed by atoms with Crippen LogP contribution in [0.25, 0.3) is 10.9 Å². The fourth-order valence-electron chi connectivity index (χ4n) is 2.99. The number of halogens is 1. The number of benzene rings is 1. The highest BCUT2D eigenvalue weighted by atomic mass is 35.5. The molecule has 6 nitrogen and oxygen atoms in total. The molecule has 1 aromatic carbocycles. The number of nitrogens with one attached hydrogen (secondary N) is 2. The van der Waals surface area contributed by atoms with Gasteiger partial charge < -0.3 is 14.6 Å². The van der Waals surface area contributed by atoms with Crippen LogP contribution >= 0.6 is 23.5 Å². The Balaban J connectivity index is 2.21. The van der Waals surface area contributed by atoms with Crippen molar-refractivity contribution >= 4 is 46.3 Å². The van der Waals surface area contributed by atoms with Crippen LogP contribution in [0.1, 0.15) is 18.9 Å². The largest absolute Gasteiger partial charge is 0.464 e. The van der Waals surface area contributed by atoms with Gasteiger partial charge >= 0.3 is 5.97 Å². The molecule has 0 spiro atoms. The van der Waals surface area contributed by atoms with E-state index in [1.165, 1.54) is 0 Å². The number of fused-ring (bicyclic) bond motifs is 1. The molecular weight excluding hydrogens is 386 g/mol. The average Bonchev–Trinajstić information content (AvgIpc) is 2.98. The first-order valence-electron chi connectivity index (χ1n) is 8.86. The standard InChI is InChI=1S/C19H26ClN3O3S/c1-4-26-19(25)16(21-18(24)15(22-20)9-10-27-3)11-13-12-23(2)17-8-6-5-7-14(13)17/h5-8,12,15-16,22H,4,9-11H2,1-3H3,(H,21,24)/t15-,16+/m0/s1. The predicted molar refractivity (Wildman–Crippen MR) is 111 cm³/mol. The zero-order chi connectivity index (χ0) is 19.8. The number of carbonyl (C=O) groups is 2. The predicted octanol–water partition coefficient (Wildman–Crippen LogP) is 2.63. The van der Waals surface area contributed by atoms with Crippen LogP contribution in [0.5, 0.6) is 0 Å². The Bertz CT molecular complexity index is 781. The van der Waals surface area contributed by atoms with Gasteiger partial charge in [0.1, 0.15) is 12.1 Å². The number of carbonyl (C=O) groups excluding carboxylic acids is 2. The van der Waals surface area contributed by atoms with Crippen molar-refractivity contribution < 1.29 is 14.3 Å². The van der Waals surface area contributed by atoms with Gasteiger partial charge in [0, 0.05) is 30.6 Å². The molecule has 2 rings (SSSR count). The summed E-state index contributed by atoms with van der Waals surface area (Å²) in [4.78, 5) is 27.5. The summed E-state index contributed by atoms with van der Waals surface area (Å²) < 4.78 is 7.18. The van der Waals surface area contributed by atoms with Crippen molar-refractivity contribution in [2.45, 2.75) is 31.8 Å². The van der Waals surface area contributed by atoms with E-state index < -0.39 is 18.1 Å². The Morgan fingerprint density at radius 1 is 1.30 bits per heavy atom. The number of para-hydroxylation sites is 1. The molecule has 0 fully saturated rings. The number of esters is 1. The number of rotatable bonds is 10. The lowest BCUT2D eigenvalue weighted by Crippen LogP contribution is -2.50. The molecule has 2 atom stereocenters. The zero-order valence-corrected chi connectivity index (χ0v) is 17.4. The van der Waals surface area contributed by atoms with E-state index in [0.29, 0.717) is 12.8 Å². The smallest absolute Gasteiger partial charge is 0.328 e. The molecule has 0 aliphatic rings. The molecule has 27 heavy (non-hydrogen) atoms. The normalized spacial score (nSPS) is 13.3. The van der Waals surface area contributed by atoms with E-state index in [1.807, 2.05) is 48.3 Å². The fraction of sp³-hybridized carbons (Fsp3) is 0.474. The van der Waals surface area contributed by atoms with Crippen LogP contribution < -0.4 is 10.2 Å². The van der Waals surface area contributed by atoms with Crippen molar-refractivity contribution in [3.8, 4) is 0 Å². The van der Waals surface area contributed by atoms with Crippen LogP contribution in [0.15, 0.2) is 30.5 Å². The number of thioether (sulfide) groups is 1. The van der Waals surface area contributed by atoms with Gasteiger partial charge in [-0.25, -0.2) is 9.63 Å². The highest BCUT2D eigenvalue weighted by Crippen LogP contribution is 2.22. The minimum atomic E-state index is -0.773. The molecule has 0 saturated heterocycles. The van der Waals surface area contributed by atoms with E-state index in [1.54, 1.807) is 18.7 Å². The number of aromatic nitrogens is 1. The second-order valence-corrected chi connectivity index (χ2v) is 7.45. The molecule has 0 saturated carbocycles. The lowest BCUT2D eigenvalue weighted by Gasteiger charge is -2.20. The van der Waals surface area contributed by atoms with E-state index in [0.717, 1.165) is 22.2 Å². The first-order chi connectivity index (χ1) is 13.0. The summed E-state index contributed by atoms with van der Waals surface area (Å²) in [7, 11) is 1.96. The first-order valence-corrected chi connectivity index (χ1v) is 10.6. The van der Waals surface area contributed by atoms with E-state index in [9.17, 15) is 9.59 Å². The number of hydrogen-bond donors (Lipinski definition) is 2. The van der Waals surface area contributed by atoms with Gasteiger partial charge in [0.15, 0.2) is 0 Å². The van der Waals surface area contributed by atoms with Gasteiger partial charge in [-0.05, 0) is 48.8 Å². The molecular formula is C19H26ClN3O3S. The van der Waals surface area contributed by atoms with Gasteiger partial charge in [-0.3, -0.25) is 4.79 Å². The number of nitrogens with zero attached hydrogens (tertiary/aromatic N) is 1. The van der Waals surface area contributed by atoms with E-state index in [2.05, 4.69) is 10.2 Å². The third-order valence-electron chi connectivity index (χ3n) is 4.35. The molecule has 148 valence electrons. The van der Waals surface area contributed by atoms with Crippen molar-refractivity contribution in [3.63, 3.8) is 0 Å². The van der Waals surface area contributed by atoms with Crippen molar-refractivity contribution in [1.29, 1.82) is 0 Å². The average molecular weight is 412 g/mol. The first kappa shape index (κ1) is 21.6. The molecule has 1 amide bonds. The lowest BCUT2D eigenvalue weighted by molar-refractivity contribution is -0.147. The Labute approximate surface area is 169 Å². The van der Waals surface area contributed by atoms with Gasteiger partial charge in [-0.1, -0.05) is 18.2 Å². The summed E-state index contributed by atoms with van der Waals surface area (Å²) in [5, 5.41) is 3.86. The second kappa shape index (κ2) is 10.6. The van der Waals surface area contributed by atoms with Gasteiger partial charge in [-0.15, -0.1) is 0 Å². The summed E-state index contributed by atoms with van der Waals surface area (Å²) in [6.45, 7) is 2.00. The minimum Gasteiger partial charge on any atom is -0.464 e. The maximum absolute atomic E-state index is 12.6. The van der Waals surface area contributed by atoms with Crippen LogP contribution in [0.2, 0.25) is 0 Å². The number of ether oxygens (including phenoxy) is 1. The monoisotopic (exact) mass is 411 g/mol. The molecule has 0 aliphatic heterocycles. The summed E-state index contributed by atoms with van der Waals surface area (Å²) in [5.74, 6) is 0.0277. The van der Waals surface area contributed by atoms with E-state index in [-0.39, 0.29) is 12.5 Å². The number of amides is 1. The van der Waals surface area contributed by atoms with Gasteiger partial charge in [0.2, 0.25) is 5.91 Å². The molecule has 2 aromatic rings. The fourth-order valence-corrected chi connectivity index (χ4v) is 3.67. The molecule has 0 unspecified atom stereocenters. The van der Waals surface area contributed by atoms with Gasteiger partial charge in [0.05, 0.1) is 6.61 Å². The van der Waals surface area contributed by atoms with Crippen molar-refractivity contribution in [2.75, 3.05) is 18.6 Å². The van der Waals surface area contributed by atoms with Crippen LogP contribution in [0, 0.1) is 0 Å². The Morgan fingerprint density at radius 2 is 2.04 bits per heavy atom. The molecule has 0 aliphatic carbocycles. The quantitative estimate of drug-likeness (QED) is 0.464. The van der Waals surface area contributed by atoms with Crippen LogP contribution in [-0.2, 0) is 27.8 Å². The molecule has 1 aromatic heterocycles. The molecule has 2 N–H and O–H groups in total. The maximum atomic E-state index is 12.6.